The summed E-state index contributed by atoms with van der Waals surface area (Å²) in [6.45, 7) is 15.2. The minimum Gasteiger partial charge on any atom is -0.505 e. The van der Waals surface area contributed by atoms with Gasteiger partial charge in [-0.15, -0.1) is 0 Å². The molecule has 0 atom stereocenters. The van der Waals surface area contributed by atoms with Crippen LogP contribution in [0, 0.1) is 20.8 Å². The van der Waals surface area contributed by atoms with E-state index < -0.39 is 0 Å². The topological polar surface area (TPSA) is 62.5 Å². The van der Waals surface area contributed by atoms with E-state index in [4.69, 9.17) is 4.42 Å². The molecule has 4 rings (SSSR count). The molecule has 4 heteroatoms. The van der Waals surface area contributed by atoms with Crippen LogP contribution in [0.1, 0.15) is 90.2 Å². The fourth-order valence-electron chi connectivity index (χ4n) is 4.98. The van der Waals surface area contributed by atoms with E-state index in [1.165, 1.54) is 35.1 Å². The third-order valence-electron chi connectivity index (χ3n) is 7.25. The minimum absolute atomic E-state index is 0.0796. The van der Waals surface area contributed by atoms with Gasteiger partial charge in [0.15, 0.2) is 5.76 Å². The Labute approximate surface area is 197 Å². The molecule has 1 aromatic heterocycles. The van der Waals surface area contributed by atoms with Gasteiger partial charge in [0.2, 0.25) is 0 Å². The first-order valence-electron chi connectivity index (χ1n) is 11.7. The molecule has 4 nitrogen and oxygen atoms in total. The van der Waals surface area contributed by atoms with Gasteiger partial charge in [0.1, 0.15) is 11.5 Å². The first-order chi connectivity index (χ1) is 15.4. The van der Waals surface area contributed by atoms with Crippen molar-refractivity contribution in [3.8, 4) is 5.75 Å². The number of phenolic OH excluding ortho intramolecular Hbond substituents is 1. The molecule has 0 aliphatic heterocycles. The molecular formula is C29H35NO3. The van der Waals surface area contributed by atoms with Gasteiger partial charge in [0, 0.05) is 6.42 Å². The van der Waals surface area contributed by atoms with Gasteiger partial charge in [0.25, 0.3) is 5.91 Å². The van der Waals surface area contributed by atoms with Crippen molar-refractivity contribution < 1.29 is 14.3 Å². The van der Waals surface area contributed by atoms with Gasteiger partial charge >= 0.3 is 0 Å². The predicted octanol–water partition coefficient (Wildman–Crippen LogP) is 7.10. The Bertz CT molecular complexity index is 1230. The van der Waals surface area contributed by atoms with E-state index in [1.807, 2.05) is 26.0 Å². The number of aryl methyl sites for hydroxylation is 3. The number of furan rings is 1. The number of hydrogen-bond acceptors (Lipinski definition) is 3. The molecule has 1 amide bonds. The van der Waals surface area contributed by atoms with Gasteiger partial charge in [-0.05, 0) is 96.0 Å². The largest absolute Gasteiger partial charge is 0.505 e. The molecule has 3 aromatic rings. The quantitative estimate of drug-likeness (QED) is 0.421. The molecule has 0 radical (unpaired) electrons. The highest BCUT2D eigenvalue weighted by Gasteiger charge is 2.37. The number of hydrogen-bond donors (Lipinski definition) is 2. The Morgan fingerprint density at radius 1 is 0.939 bits per heavy atom. The molecule has 33 heavy (non-hydrogen) atoms. The highest BCUT2D eigenvalue weighted by atomic mass is 16.3. The van der Waals surface area contributed by atoms with Crippen LogP contribution in [-0.4, -0.2) is 11.0 Å². The smallest absolute Gasteiger partial charge is 0.291 e. The lowest BCUT2D eigenvalue weighted by Gasteiger charge is -2.42. The fraction of sp³-hybridized carbons (Fsp3) is 0.414. The van der Waals surface area contributed by atoms with Crippen LogP contribution in [0.5, 0.6) is 5.75 Å². The van der Waals surface area contributed by atoms with Crippen molar-refractivity contribution in [3.63, 3.8) is 0 Å². The van der Waals surface area contributed by atoms with Crippen molar-refractivity contribution in [2.75, 3.05) is 5.32 Å². The first kappa shape index (κ1) is 23.2. The number of phenols is 1. The van der Waals surface area contributed by atoms with Crippen LogP contribution in [0.4, 0.5) is 5.69 Å². The molecule has 0 saturated heterocycles. The Kier molecular flexibility index (Phi) is 5.68. The second-order valence-corrected chi connectivity index (χ2v) is 11.0. The predicted molar refractivity (Wildman–Crippen MR) is 134 cm³/mol. The zero-order valence-corrected chi connectivity index (χ0v) is 20.8. The van der Waals surface area contributed by atoms with E-state index >= 15 is 0 Å². The number of fused-ring (bicyclic) bond motifs is 1. The van der Waals surface area contributed by atoms with Crippen LogP contribution in [-0.2, 0) is 17.3 Å². The minimum atomic E-state index is -0.369. The Morgan fingerprint density at radius 3 is 2.24 bits per heavy atom. The van der Waals surface area contributed by atoms with E-state index in [0.29, 0.717) is 12.1 Å². The second-order valence-electron chi connectivity index (χ2n) is 11.0. The van der Waals surface area contributed by atoms with Crippen molar-refractivity contribution in [3.05, 3.63) is 81.3 Å². The lowest BCUT2D eigenvalue weighted by molar-refractivity contribution is 0.0994. The van der Waals surface area contributed by atoms with Gasteiger partial charge in [-0.3, -0.25) is 4.79 Å². The number of nitrogens with one attached hydrogen (secondary N) is 1. The zero-order valence-electron chi connectivity index (χ0n) is 20.8. The first-order valence-corrected chi connectivity index (χ1v) is 11.7. The maximum absolute atomic E-state index is 12.8. The molecule has 2 aromatic carbocycles. The molecule has 0 bridgehead atoms. The molecule has 0 unspecified atom stereocenters. The third kappa shape index (κ3) is 4.44. The molecule has 1 aliphatic rings. The maximum atomic E-state index is 12.8. The molecule has 0 spiro atoms. The van der Waals surface area contributed by atoms with Crippen molar-refractivity contribution in [1.82, 2.24) is 0 Å². The number of carbonyl (C=O) groups excluding carboxylic acids is 1. The summed E-state index contributed by atoms with van der Waals surface area (Å²) < 4.78 is 5.92. The summed E-state index contributed by atoms with van der Waals surface area (Å²) in [5.41, 5.74) is 7.77. The van der Waals surface area contributed by atoms with Gasteiger partial charge in [-0.2, -0.15) is 0 Å². The van der Waals surface area contributed by atoms with Crippen molar-refractivity contribution in [1.29, 1.82) is 0 Å². The fourth-order valence-corrected chi connectivity index (χ4v) is 4.98. The second kappa shape index (κ2) is 8.09. The molecule has 1 heterocycles. The molecule has 1 aliphatic carbocycles. The maximum Gasteiger partial charge on any atom is 0.291 e. The number of aromatic hydroxyl groups is 1. The Balaban J connectivity index is 1.58. The van der Waals surface area contributed by atoms with Crippen LogP contribution in [0.2, 0.25) is 0 Å². The lowest BCUT2D eigenvalue weighted by Crippen LogP contribution is -2.34. The molecule has 2 N–H and O–H groups in total. The van der Waals surface area contributed by atoms with Crippen molar-refractivity contribution in [2.45, 2.75) is 78.6 Å². The van der Waals surface area contributed by atoms with Crippen LogP contribution < -0.4 is 5.32 Å². The van der Waals surface area contributed by atoms with Gasteiger partial charge < -0.3 is 14.8 Å². The number of carbonyl (C=O) groups is 1. The summed E-state index contributed by atoms with van der Waals surface area (Å²) in [5, 5.41) is 13.1. The molecule has 0 saturated carbocycles. The van der Waals surface area contributed by atoms with E-state index in [-0.39, 0.29) is 28.2 Å². The van der Waals surface area contributed by atoms with Gasteiger partial charge in [-0.1, -0.05) is 45.9 Å². The molecule has 174 valence electrons. The summed E-state index contributed by atoms with van der Waals surface area (Å²) in [6.07, 6.45) is 3.00. The molecular weight excluding hydrogens is 410 g/mol. The standard InChI is InChI=1S/C29H35NO3/c1-17-12-19(3)26(31)24(13-17)30-27(32)25-9-8-21(33-25)15-20-16-23-22(14-18(20)2)28(4,5)10-11-29(23,6)7/h8-9,12-14,16,31H,10-11,15H2,1-7H3,(H,30,32). The Morgan fingerprint density at radius 2 is 1.58 bits per heavy atom. The van der Waals surface area contributed by atoms with E-state index in [0.717, 1.165) is 16.9 Å². The van der Waals surface area contributed by atoms with Gasteiger partial charge in [0.05, 0.1) is 5.69 Å². The Hall–Kier alpha value is -3.01. The normalized spacial score (nSPS) is 16.3. The summed E-state index contributed by atoms with van der Waals surface area (Å²) >= 11 is 0. The average Bonchev–Trinajstić information content (AvgIpc) is 3.19. The summed E-state index contributed by atoms with van der Waals surface area (Å²) in [5.74, 6) is 0.698. The van der Waals surface area contributed by atoms with E-state index in [2.05, 4.69) is 52.1 Å². The third-order valence-corrected chi connectivity index (χ3v) is 7.25. The van der Waals surface area contributed by atoms with Crippen LogP contribution in [0.15, 0.2) is 40.8 Å². The highest BCUT2D eigenvalue weighted by molar-refractivity contribution is 6.03. The van der Waals surface area contributed by atoms with Crippen molar-refractivity contribution in [2.24, 2.45) is 0 Å². The lowest BCUT2D eigenvalue weighted by atomic mass is 9.62. The molecule has 0 fully saturated rings. The van der Waals surface area contributed by atoms with Crippen LogP contribution in [0.3, 0.4) is 0 Å². The summed E-state index contributed by atoms with van der Waals surface area (Å²) in [7, 11) is 0. The van der Waals surface area contributed by atoms with Crippen LogP contribution in [0.25, 0.3) is 0 Å². The van der Waals surface area contributed by atoms with E-state index in [9.17, 15) is 9.90 Å². The zero-order chi connectivity index (χ0) is 24.1. The average molecular weight is 446 g/mol. The van der Waals surface area contributed by atoms with E-state index in [1.54, 1.807) is 12.1 Å². The summed E-state index contributed by atoms with van der Waals surface area (Å²) in [4.78, 5) is 12.8. The number of anilines is 1. The van der Waals surface area contributed by atoms with Crippen molar-refractivity contribution >= 4 is 11.6 Å². The van der Waals surface area contributed by atoms with Crippen LogP contribution >= 0.6 is 0 Å². The number of amides is 1. The highest BCUT2D eigenvalue weighted by Crippen LogP contribution is 2.46. The summed E-state index contributed by atoms with van der Waals surface area (Å²) in [6, 6.07) is 11.9. The number of rotatable bonds is 4. The monoisotopic (exact) mass is 445 g/mol. The van der Waals surface area contributed by atoms with Gasteiger partial charge in [-0.25, -0.2) is 0 Å². The number of benzene rings is 2. The SMILES string of the molecule is Cc1cc(C)c(O)c(NC(=O)c2ccc(Cc3cc4c(cc3C)C(C)(C)CCC4(C)C)o2)c1.